The van der Waals surface area contributed by atoms with E-state index < -0.39 is 11.3 Å². The summed E-state index contributed by atoms with van der Waals surface area (Å²) in [5, 5.41) is 30.0. The van der Waals surface area contributed by atoms with Gasteiger partial charge < -0.3 is 10.3 Å². The van der Waals surface area contributed by atoms with Crippen molar-refractivity contribution < 1.29 is 20.2 Å². The Hall–Kier alpha value is -1.47. The van der Waals surface area contributed by atoms with Crippen LogP contribution in [0.3, 0.4) is 0 Å². The van der Waals surface area contributed by atoms with E-state index in [9.17, 15) is 10.3 Å². The first-order valence-corrected chi connectivity index (χ1v) is 5.18. The van der Waals surface area contributed by atoms with Gasteiger partial charge in [0, 0.05) is 12.8 Å². The Bertz CT molecular complexity index is 493. The Morgan fingerprint density at radius 1 is 1.50 bits per heavy atom. The van der Waals surface area contributed by atoms with E-state index in [0.717, 1.165) is 4.74 Å². The van der Waals surface area contributed by atoms with Crippen LogP contribution in [0.2, 0.25) is 0 Å². The van der Waals surface area contributed by atoms with Crippen LogP contribution in [0.25, 0.3) is 0 Å². The van der Waals surface area contributed by atoms with Crippen molar-refractivity contribution in [1.82, 2.24) is 10.3 Å². The fourth-order valence-electron chi connectivity index (χ4n) is 2.67. The lowest BCUT2D eigenvalue weighted by molar-refractivity contribution is -0.740. The minimum absolute atomic E-state index is 0.222. The van der Waals surface area contributed by atoms with Crippen LogP contribution in [-0.4, -0.2) is 31.5 Å². The minimum atomic E-state index is -1.34. The van der Waals surface area contributed by atoms with Gasteiger partial charge >= 0.3 is 0 Å². The molecule has 0 aromatic carbocycles. The topological polar surface area (TPSA) is 113 Å². The third-order valence-electron chi connectivity index (χ3n) is 3.40. The molecule has 4 N–H and O–H groups in total. The summed E-state index contributed by atoms with van der Waals surface area (Å²) in [5.74, 6) is 0. The highest BCUT2D eigenvalue weighted by atomic mass is 16.6. The Morgan fingerprint density at radius 2 is 2.25 bits per heavy atom. The van der Waals surface area contributed by atoms with Crippen LogP contribution in [0.1, 0.15) is 31.2 Å². The SMILES string of the molecule is C[C@]1([NH3+])C[C@]2(O)C(=[N+]1[O-])CCc1nonc12. The Kier molecular flexibility index (Phi) is 1.59. The van der Waals surface area contributed by atoms with Gasteiger partial charge in [-0.1, -0.05) is 10.3 Å². The van der Waals surface area contributed by atoms with Crippen molar-refractivity contribution in [3.63, 3.8) is 0 Å². The van der Waals surface area contributed by atoms with Crippen LogP contribution >= 0.6 is 0 Å². The van der Waals surface area contributed by atoms with Crippen molar-refractivity contribution in [2.75, 3.05) is 0 Å². The van der Waals surface area contributed by atoms with E-state index in [-0.39, 0.29) is 6.42 Å². The lowest BCUT2D eigenvalue weighted by Gasteiger charge is -2.21. The van der Waals surface area contributed by atoms with Crippen molar-refractivity contribution in [3.05, 3.63) is 16.6 Å². The molecular weight excluding hydrogens is 212 g/mol. The zero-order chi connectivity index (χ0) is 11.6. The van der Waals surface area contributed by atoms with Crippen molar-refractivity contribution in [3.8, 4) is 0 Å². The molecule has 0 radical (unpaired) electrons. The molecule has 2 atom stereocenters. The average molecular weight is 225 g/mol. The normalized spacial score (nSPS) is 37.4. The molecule has 0 bridgehead atoms. The zero-order valence-electron chi connectivity index (χ0n) is 8.93. The van der Waals surface area contributed by atoms with Crippen molar-refractivity contribution in [2.45, 2.75) is 37.5 Å². The van der Waals surface area contributed by atoms with Gasteiger partial charge in [-0.3, -0.25) is 5.73 Å². The molecule has 1 aromatic heterocycles. The molecule has 0 saturated carbocycles. The van der Waals surface area contributed by atoms with Gasteiger partial charge in [0.2, 0.25) is 11.3 Å². The third-order valence-corrected chi connectivity index (χ3v) is 3.40. The predicted molar refractivity (Wildman–Crippen MR) is 51.1 cm³/mol. The largest absolute Gasteiger partial charge is 0.619 e. The van der Waals surface area contributed by atoms with Gasteiger partial charge in [0.1, 0.15) is 12.1 Å². The summed E-state index contributed by atoms with van der Waals surface area (Å²) in [4.78, 5) is 0. The summed E-state index contributed by atoms with van der Waals surface area (Å²) >= 11 is 0. The molecule has 0 unspecified atom stereocenters. The summed E-state index contributed by atoms with van der Waals surface area (Å²) in [6, 6.07) is 0. The van der Waals surface area contributed by atoms with Crippen molar-refractivity contribution in [1.29, 1.82) is 0 Å². The van der Waals surface area contributed by atoms with Gasteiger partial charge in [-0.15, -0.1) is 0 Å². The number of fused-ring (bicyclic) bond motifs is 3. The standard InChI is InChI=1S/C9H12N4O3/c1-8(10)4-9(14)6(13(8)15)3-2-5-7(9)12-16-11-5/h14H,2-4,10H2,1H3/p+1/t8-,9+/m1/s1. The van der Waals surface area contributed by atoms with Crippen LogP contribution in [0.4, 0.5) is 0 Å². The predicted octanol–water partition coefficient (Wildman–Crippen LogP) is -1.48. The molecule has 1 aromatic rings. The number of aliphatic hydroxyl groups is 1. The van der Waals surface area contributed by atoms with E-state index in [1.54, 1.807) is 6.92 Å². The fourth-order valence-corrected chi connectivity index (χ4v) is 2.67. The average Bonchev–Trinajstić information content (AvgIpc) is 2.70. The summed E-state index contributed by atoms with van der Waals surface area (Å²) in [6.45, 7) is 1.70. The number of hydrogen-bond acceptors (Lipinski definition) is 5. The molecule has 0 amide bonds. The molecule has 0 spiro atoms. The maximum absolute atomic E-state index is 12.0. The summed E-state index contributed by atoms with van der Waals surface area (Å²) in [7, 11) is 0. The first kappa shape index (κ1) is 9.73. The van der Waals surface area contributed by atoms with Crippen LogP contribution in [-0.2, 0) is 12.0 Å². The molecule has 7 heteroatoms. The van der Waals surface area contributed by atoms with Gasteiger partial charge in [0.15, 0.2) is 5.69 Å². The molecule has 7 nitrogen and oxygen atoms in total. The van der Waals surface area contributed by atoms with Crippen LogP contribution < -0.4 is 5.73 Å². The summed E-state index contributed by atoms with van der Waals surface area (Å²) in [6.07, 6.45) is 1.28. The van der Waals surface area contributed by atoms with Gasteiger partial charge in [-0.2, -0.15) is 4.74 Å². The van der Waals surface area contributed by atoms with E-state index in [1.165, 1.54) is 0 Å². The van der Waals surface area contributed by atoms with E-state index in [0.29, 0.717) is 29.9 Å². The van der Waals surface area contributed by atoms with E-state index in [2.05, 4.69) is 20.7 Å². The second-order valence-corrected chi connectivity index (χ2v) is 4.83. The van der Waals surface area contributed by atoms with Gasteiger partial charge in [-0.25, -0.2) is 4.63 Å². The van der Waals surface area contributed by atoms with Crippen molar-refractivity contribution in [2.24, 2.45) is 0 Å². The number of rotatable bonds is 0. The maximum atomic E-state index is 12.0. The maximum Gasteiger partial charge on any atom is 0.294 e. The number of hydrogen-bond donors (Lipinski definition) is 2. The monoisotopic (exact) mass is 225 g/mol. The molecule has 86 valence electrons. The molecule has 1 aliphatic carbocycles. The smallest absolute Gasteiger partial charge is 0.294 e. The molecule has 2 aliphatic rings. The van der Waals surface area contributed by atoms with Crippen molar-refractivity contribution >= 4 is 5.71 Å². The van der Waals surface area contributed by atoms with Crippen LogP contribution in [0, 0.1) is 5.21 Å². The lowest BCUT2D eigenvalue weighted by atomic mass is 9.81. The number of hydroxylamine groups is 1. The van der Waals surface area contributed by atoms with Gasteiger partial charge in [-0.05, 0) is 0 Å². The van der Waals surface area contributed by atoms with E-state index in [1.807, 2.05) is 0 Å². The number of quaternary nitrogens is 1. The summed E-state index contributed by atoms with van der Waals surface area (Å²) < 4.78 is 5.44. The lowest BCUT2D eigenvalue weighted by Crippen LogP contribution is -2.74. The molecule has 16 heavy (non-hydrogen) atoms. The first-order chi connectivity index (χ1) is 7.45. The molecule has 0 fully saturated rings. The van der Waals surface area contributed by atoms with Crippen LogP contribution in [0.5, 0.6) is 0 Å². The van der Waals surface area contributed by atoms with Gasteiger partial charge in [0.05, 0.1) is 6.92 Å². The van der Waals surface area contributed by atoms with E-state index in [4.69, 9.17) is 0 Å². The number of aryl methyl sites for hydroxylation is 1. The number of aromatic nitrogens is 2. The first-order valence-electron chi connectivity index (χ1n) is 5.18. The Labute approximate surface area is 91.1 Å². The number of nitrogens with zero attached hydrogens (tertiary/aromatic N) is 3. The van der Waals surface area contributed by atoms with E-state index >= 15 is 0 Å². The molecule has 2 heterocycles. The summed E-state index contributed by atoms with van der Waals surface area (Å²) in [5.41, 5.74) is 3.07. The molecule has 1 aliphatic heterocycles. The van der Waals surface area contributed by atoms with Crippen LogP contribution in [0.15, 0.2) is 4.63 Å². The highest BCUT2D eigenvalue weighted by Crippen LogP contribution is 2.41. The minimum Gasteiger partial charge on any atom is -0.619 e. The fraction of sp³-hybridized carbons (Fsp3) is 0.667. The Balaban J connectivity index is 2.22. The van der Waals surface area contributed by atoms with Gasteiger partial charge in [0.25, 0.3) is 5.66 Å². The second-order valence-electron chi connectivity index (χ2n) is 4.83. The molecule has 0 saturated heterocycles. The highest BCUT2D eigenvalue weighted by Gasteiger charge is 2.62. The molecule has 3 rings (SSSR count). The third kappa shape index (κ3) is 0.966. The highest BCUT2D eigenvalue weighted by molar-refractivity contribution is 5.92. The second kappa shape index (κ2) is 2.61. The quantitative estimate of drug-likeness (QED) is 0.413. The Morgan fingerprint density at radius 3 is 3.00 bits per heavy atom. The molecular formula is C9H13N4O3+. The zero-order valence-corrected chi connectivity index (χ0v) is 8.93.